The topological polar surface area (TPSA) is 282 Å². The van der Waals surface area contributed by atoms with Gasteiger partial charge in [0.1, 0.15) is 43.2 Å². The molecule has 338 valence electrons. The molecule has 0 bridgehead atoms. The molecular weight excluding hydrogens is 788 g/mol. The molecule has 1 aliphatic carbocycles. The summed E-state index contributed by atoms with van der Waals surface area (Å²) in [5.41, 5.74) is 5.52. The van der Waals surface area contributed by atoms with Gasteiger partial charge in [0.25, 0.3) is 0 Å². The first-order valence-electron chi connectivity index (χ1n) is 21.3. The van der Waals surface area contributed by atoms with Crippen molar-refractivity contribution in [2.75, 3.05) is 19.8 Å². The minimum Gasteiger partial charge on any atom is -0.462 e. The van der Waals surface area contributed by atoms with Crippen LogP contribution in [-0.2, 0) is 41.8 Å². The molecule has 1 aliphatic rings. The van der Waals surface area contributed by atoms with Crippen molar-refractivity contribution in [3.8, 4) is 0 Å². The standard InChI is InChI=1S/C38H75NO16P2/c1-2-3-4-5-6-7-8-9-10-14-17-20-23-26-32(41)53-30(28-51-31(40)25-22-19-16-13-11-12-15-18-21-24-27-39)29-52-57(49,50)55-38-35(44)33(42)37(34(43)36(38)45)54-56(46,47)48/h30,33-38,42-45H,2-29,39H2,1H3,(H,49,50)(H2,46,47,48)/t30-,33-,34+,35?,36-,37?,38?/m1/s1. The van der Waals surface area contributed by atoms with E-state index >= 15 is 0 Å². The Morgan fingerprint density at radius 3 is 1.32 bits per heavy atom. The van der Waals surface area contributed by atoms with E-state index < -0.39 is 83.5 Å². The van der Waals surface area contributed by atoms with Crippen molar-refractivity contribution in [1.82, 2.24) is 0 Å². The largest absolute Gasteiger partial charge is 0.472 e. The molecule has 1 fully saturated rings. The van der Waals surface area contributed by atoms with Crippen LogP contribution in [0.25, 0.3) is 0 Å². The predicted octanol–water partition coefficient (Wildman–Crippen LogP) is 5.61. The van der Waals surface area contributed by atoms with Crippen LogP contribution in [-0.4, -0.2) is 110 Å². The number of hydrogen-bond acceptors (Lipinski definition) is 14. The van der Waals surface area contributed by atoms with E-state index in [0.29, 0.717) is 12.8 Å². The Kier molecular flexibility index (Phi) is 30.1. The molecule has 0 aromatic heterocycles. The van der Waals surface area contributed by atoms with E-state index in [0.717, 1.165) is 70.8 Å². The maximum atomic E-state index is 12.9. The highest BCUT2D eigenvalue weighted by molar-refractivity contribution is 7.47. The van der Waals surface area contributed by atoms with Crippen LogP contribution in [0.4, 0.5) is 0 Å². The molecule has 0 spiro atoms. The molecule has 0 amide bonds. The number of aliphatic hydroxyl groups excluding tert-OH is 4. The van der Waals surface area contributed by atoms with Gasteiger partial charge < -0.3 is 50.3 Å². The quantitative estimate of drug-likeness (QED) is 0.0216. The lowest BCUT2D eigenvalue weighted by atomic mass is 9.85. The molecular formula is C38H75NO16P2. The number of carbonyl (C=O) groups excluding carboxylic acids is 2. The number of rotatable bonds is 36. The number of esters is 2. The minimum absolute atomic E-state index is 0.0529. The SMILES string of the molecule is CCCCCCCCCCCCCCCC(=O)O[C@H](COC(=O)CCCCCCCCCCCCN)COP(=O)(O)OC1C(O)[C@@H](O)C(OP(=O)(O)O)[C@@H](O)[C@H]1O. The van der Waals surface area contributed by atoms with Gasteiger partial charge in [-0.1, -0.05) is 135 Å². The summed E-state index contributed by atoms with van der Waals surface area (Å²) < 4.78 is 48.9. The van der Waals surface area contributed by atoms with E-state index in [1.807, 2.05) is 0 Å². The summed E-state index contributed by atoms with van der Waals surface area (Å²) in [6, 6.07) is 0. The summed E-state index contributed by atoms with van der Waals surface area (Å²) in [6.45, 7) is 1.62. The second-order valence-electron chi connectivity index (χ2n) is 15.2. The van der Waals surface area contributed by atoms with Crippen LogP contribution >= 0.6 is 15.6 Å². The third kappa shape index (κ3) is 26.7. The Balaban J connectivity index is 2.62. The zero-order valence-corrected chi connectivity index (χ0v) is 35.9. The average molecular weight is 864 g/mol. The molecule has 0 heterocycles. The van der Waals surface area contributed by atoms with Crippen molar-refractivity contribution in [2.45, 2.75) is 210 Å². The molecule has 17 nitrogen and oxygen atoms in total. The van der Waals surface area contributed by atoms with Gasteiger partial charge in [-0.25, -0.2) is 9.13 Å². The molecule has 0 aromatic carbocycles. The Hall–Kier alpha value is -1.04. The van der Waals surface area contributed by atoms with Gasteiger partial charge in [0, 0.05) is 12.8 Å². The van der Waals surface area contributed by atoms with Crippen LogP contribution in [0.2, 0.25) is 0 Å². The van der Waals surface area contributed by atoms with Crippen LogP contribution in [0.5, 0.6) is 0 Å². The minimum atomic E-state index is -5.30. The molecule has 19 heteroatoms. The molecule has 1 saturated carbocycles. The van der Waals surface area contributed by atoms with E-state index in [1.54, 1.807) is 0 Å². The van der Waals surface area contributed by atoms with Crippen LogP contribution in [0.1, 0.15) is 167 Å². The van der Waals surface area contributed by atoms with Crippen LogP contribution < -0.4 is 5.73 Å². The van der Waals surface area contributed by atoms with E-state index in [1.165, 1.54) is 70.6 Å². The molecule has 9 N–H and O–H groups in total. The summed E-state index contributed by atoms with van der Waals surface area (Å²) in [4.78, 5) is 53.7. The second kappa shape index (κ2) is 31.8. The highest BCUT2D eigenvalue weighted by atomic mass is 31.2. The second-order valence-corrected chi connectivity index (χ2v) is 17.8. The first kappa shape index (κ1) is 54.0. The Morgan fingerprint density at radius 1 is 0.544 bits per heavy atom. The van der Waals surface area contributed by atoms with E-state index in [-0.39, 0.29) is 12.8 Å². The summed E-state index contributed by atoms with van der Waals surface area (Å²) >= 11 is 0. The lowest BCUT2D eigenvalue weighted by molar-refractivity contribution is -0.216. The Morgan fingerprint density at radius 2 is 0.912 bits per heavy atom. The van der Waals surface area contributed by atoms with Gasteiger partial charge in [-0.2, -0.15) is 0 Å². The molecule has 0 aromatic rings. The monoisotopic (exact) mass is 863 g/mol. The normalized spacial score (nSPS) is 22.9. The van der Waals surface area contributed by atoms with Gasteiger partial charge in [-0.05, 0) is 25.8 Å². The Bertz CT molecular complexity index is 1130. The number of phosphoric ester groups is 2. The van der Waals surface area contributed by atoms with E-state index in [4.69, 9.17) is 34.0 Å². The molecule has 8 atom stereocenters. The van der Waals surface area contributed by atoms with Crippen LogP contribution in [0.3, 0.4) is 0 Å². The molecule has 1 rings (SSSR count). The number of ether oxygens (including phenoxy) is 2. The maximum Gasteiger partial charge on any atom is 0.472 e. The van der Waals surface area contributed by atoms with Gasteiger partial charge in [0.15, 0.2) is 6.10 Å². The summed E-state index contributed by atoms with van der Waals surface area (Å²) in [7, 11) is -10.6. The molecule has 0 aliphatic heterocycles. The van der Waals surface area contributed by atoms with Crippen molar-refractivity contribution in [3.05, 3.63) is 0 Å². The number of unbranched alkanes of at least 4 members (excludes halogenated alkanes) is 21. The number of nitrogens with two attached hydrogens (primary N) is 1. The first-order chi connectivity index (χ1) is 27.1. The van der Waals surface area contributed by atoms with Crippen molar-refractivity contribution in [2.24, 2.45) is 5.73 Å². The molecule has 0 radical (unpaired) electrons. The number of aliphatic hydroxyl groups is 4. The van der Waals surface area contributed by atoms with E-state index in [2.05, 4.69) is 11.4 Å². The summed E-state index contributed by atoms with van der Waals surface area (Å²) in [5, 5.41) is 41.3. The van der Waals surface area contributed by atoms with Gasteiger partial charge >= 0.3 is 27.6 Å². The highest BCUT2D eigenvalue weighted by Gasteiger charge is 2.54. The van der Waals surface area contributed by atoms with Crippen molar-refractivity contribution >= 4 is 27.6 Å². The fraction of sp³-hybridized carbons (Fsp3) is 0.947. The van der Waals surface area contributed by atoms with Gasteiger partial charge in [0.2, 0.25) is 0 Å². The summed E-state index contributed by atoms with van der Waals surface area (Å²) in [6.07, 6.45) is 10.4. The lowest BCUT2D eigenvalue weighted by Gasteiger charge is -2.43. The third-order valence-electron chi connectivity index (χ3n) is 10.0. The van der Waals surface area contributed by atoms with Crippen LogP contribution in [0, 0.1) is 0 Å². The highest BCUT2D eigenvalue weighted by Crippen LogP contribution is 2.48. The van der Waals surface area contributed by atoms with Crippen molar-refractivity contribution in [1.29, 1.82) is 0 Å². The fourth-order valence-corrected chi connectivity index (χ4v) is 8.22. The number of phosphoric acid groups is 2. The summed E-state index contributed by atoms with van der Waals surface area (Å²) in [5.74, 6) is -1.20. The fourth-order valence-electron chi connectivity index (χ4n) is 6.68. The third-order valence-corrected chi connectivity index (χ3v) is 11.5. The lowest BCUT2D eigenvalue weighted by Crippen LogP contribution is -2.64. The number of hydrogen-bond donors (Lipinski definition) is 8. The van der Waals surface area contributed by atoms with Gasteiger partial charge in [0.05, 0.1) is 6.61 Å². The molecule has 0 saturated heterocycles. The van der Waals surface area contributed by atoms with Gasteiger partial charge in [-0.15, -0.1) is 0 Å². The maximum absolute atomic E-state index is 12.9. The molecule has 4 unspecified atom stereocenters. The Labute approximate surface area is 339 Å². The zero-order chi connectivity index (χ0) is 42.5. The smallest absolute Gasteiger partial charge is 0.462 e. The first-order valence-corrected chi connectivity index (χ1v) is 24.3. The van der Waals surface area contributed by atoms with Crippen molar-refractivity contribution < 1.29 is 76.9 Å². The van der Waals surface area contributed by atoms with Crippen molar-refractivity contribution in [3.63, 3.8) is 0 Å². The van der Waals surface area contributed by atoms with Crippen LogP contribution in [0.15, 0.2) is 0 Å². The zero-order valence-electron chi connectivity index (χ0n) is 34.1. The predicted molar refractivity (Wildman–Crippen MR) is 213 cm³/mol. The van der Waals surface area contributed by atoms with E-state index in [9.17, 15) is 44.0 Å². The number of carbonyl (C=O) groups is 2. The molecule has 57 heavy (non-hydrogen) atoms. The average Bonchev–Trinajstić information content (AvgIpc) is 3.16. The van der Waals surface area contributed by atoms with Gasteiger partial charge in [-0.3, -0.25) is 23.2 Å².